The smallest absolute Gasteiger partial charge is 0.224 e. The van der Waals surface area contributed by atoms with E-state index in [-0.39, 0.29) is 11.7 Å². The van der Waals surface area contributed by atoms with Crippen molar-refractivity contribution >= 4 is 0 Å². The Bertz CT molecular complexity index is 596. The van der Waals surface area contributed by atoms with Crippen LogP contribution in [-0.2, 0) is 4.74 Å². The molecule has 0 saturated heterocycles. The van der Waals surface area contributed by atoms with Crippen LogP contribution in [0.2, 0.25) is 0 Å². The Morgan fingerprint density at radius 3 is 2.75 bits per heavy atom. The van der Waals surface area contributed by atoms with E-state index in [0.717, 1.165) is 17.6 Å². The maximum atomic E-state index is 10.5. The third-order valence-corrected chi connectivity index (χ3v) is 3.94. The van der Waals surface area contributed by atoms with Crippen LogP contribution in [0.5, 0.6) is 0 Å². The van der Waals surface area contributed by atoms with Crippen LogP contribution < -0.4 is 0 Å². The molecule has 1 aromatic rings. The number of hydrogen-bond donors (Lipinski definition) is 2. The van der Waals surface area contributed by atoms with Crippen molar-refractivity contribution in [1.82, 2.24) is 0 Å². The molecular formula is C17H18O3. The number of aliphatic hydroxyl groups is 2. The molecule has 3 rings (SSSR count). The first-order valence-electron chi connectivity index (χ1n) is 6.95. The highest BCUT2D eigenvalue weighted by Crippen LogP contribution is 2.41. The molecule has 1 aliphatic carbocycles. The summed E-state index contributed by atoms with van der Waals surface area (Å²) in [6.07, 6.45) is 4.10. The summed E-state index contributed by atoms with van der Waals surface area (Å²) in [7, 11) is 0. The lowest BCUT2D eigenvalue weighted by atomic mass is 9.85. The number of ether oxygens (including phenoxy) is 1. The van der Waals surface area contributed by atoms with Crippen LogP contribution in [0.25, 0.3) is 0 Å². The summed E-state index contributed by atoms with van der Waals surface area (Å²) in [5, 5.41) is 20.8. The van der Waals surface area contributed by atoms with Crippen molar-refractivity contribution in [2.75, 3.05) is 0 Å². The Labute approximate surface area is 118 Å². The molecule has 1 heterocycles. The van der Waals surface area contributed by atoms with E-state index >= 15 is 0 Å². The van der Waals surface area contributed by atoms with Crippen molar-refractivity contribution in [3.63, 3.8) is 0 Å². The molecule has 2 atom stereocenters. The van der Waals surface area contributed by atoms with Crippen LogP contribution in [-0.4, -0.2) is 16.5 Å². The van der Waals surface area contributed by atoms with E-state index < -0.39 is 6.29 Å². The van der Waals surface area contributed by atoms with Gasteiger partial charge in [-0.1, -0.05) is 43.3 Å². The van der Waals surface area contributed by atoms with Gasteiger partial charge in [-0.15, -0.1) is 0 Å². The second-order valence-corrected chi connectivity index (χ2v) is 5.09. The predicted octanol–water partition coefficient (Wildman–Crippen LogP) is 3.55. The van der Waals surface area contributed by atoms with Gasteiger partial charge in [-0.3, -0.25) is 0 Å². The molecule has 104 valence electrons. The SMILES string of the molecule is CCC(C1=C(O)C2=C(C=CC2)OC1O)c1ccccc1. The van der Waals surface area contributed by atoms with Crippen molar-refractivity contribution < 1.29 is 14.9 Å². The molecule has 2 N–H and O–H groups in total. The molecule has 0 amide bonds. The first-order chi connectivity index (χ1) is 9.72. The Hall–Kier alpha value is -2.00. The number of allylic oxidation sites excluding steroid dienone is 3. The fourth-order valence-corrected chi connectivity index (χ4v) is 2.94. The zero-order valence-electron chi connectivity index (χ0n) is 11.4. The molecule has 3 heteroatoms. The molecule has 0 radical (unpaired) electrons. The van der Waals surface area contributed by atoms with Crippen LogP contribution in [0.1, 0.15) is 31.2 Å². The standard InChI is InChI=1S/C17H18O3/c1-2-12(11-7-4-3-5-8-11)15-16(18)13-9-6-10-14(13)20-17(15)19/h3-8,10,12,17-19H,2,9H2,1H3. The lowest BCUT2D eigenvalue weighted by molar-refractivity contribution is -0.0432. The van der Waals surface area contributed by atoms with Gasteiger partial charge in [0.25, 0.3) is 0 Å². The summed E-state index contributed by atoms with van der Waals surface area (Å²) < 4.78 is 5.53. The van der Waals surface area contributed by atoms with Crippen LogP contribution in [0.3, 0.4) is 0 Å². The Morgan fingerprint density at radius 1 is 1.30 bits per heavy atom. The van der Waals surface area contributed by atoms with E-state index in [1.54, 1.807) is 6.08 Å². The second kappa shape index (κ2) is 5.17. The molecule has 1 aliphatic heterocycles. The van der Waals surface area contributed by atoms with Crippen LogP contribution in [0, 0.1) is 0 Å². The van der Waals surface area contributed by atoms with Crippen molar-refractivity contribution in [1.29, 1.82) is 0 Å². The summed E-state index contributed by atoms with van der Waals surface area (Å²) in [6, 6.07) is 9.91. The fourth-order valence-electron chi connectivity index (χ4n) is 2.94. The molecule has 3 nitrogen and oxygen atoms in total. The normalized spacial score (nSPS) is 22.8. The molecule has 0 bridgehead atoms. The minimum atomic E-state index is -1.08. The van der Waals surface area contributed by atoms with Crippen molar-refractivity contribution in [3.8, 4) is 0 Å². The van der Waals surface area contributed by atoms with Gasteiger partial charge in [-0.05, 0) is 24.5 Å². The zero-order chi connectivity index (χ0) is 14.1. The van der Waals surface area contributed by atoms with E-state index in [1.165, 1.54) is 0 Å². The lowest BCUT2D eigenvalue weighted by Gasteiger charge is -2.29. The highest BCUT2D eigenvalue weighted by atomic mass is 16.6. The Morgan fingerprint density at radius 2 is 2.05 bits per heavy atom. The highest BCUT2D eigenvalue weighted by Gasteiger charge is 2.34. The van der Waals surface area contributed by atoms with E-state index in [0.29, 0.717) is 17.8 Å². The average Bonchev–Trinajstić information content (AvgIpc) is 2.92. The van der Waals surface area contributed by atoms with Gasteiger partial charge >= 0.3 is 0 Å². The van der Waals surface area contributed by atoms with Gasteiger partial charge in [0.15, 0.2) is 0 Å². The topological polar surface area (TPSA) is 49.7 Å². The van der Waals surface area contributed by atoms with Crippen LogP contribution in [0.4, 0.5) is 0 Å². The maximum Gasteiger partial charge on any atom is 0.224 e. The molecule has 0 saturated carbocycles. The molecule has 2 aliphatic rings. The van der Waals surface area contributed by atoms with Crippen molar-refractivity contribution in [2.24, 2.45) is 0 Å². The zero-order valence-corrected chi connectivity index (χ0v) is 11.4. The number of hydrogen-bond acceptors (Lipinski definition) is 3. The molecule has 2 unspecified atom stereocenters. The van der Waals surface area contributed by atoms with Gasteiger partial charge in [-0.2, -0.15) is 0 Å². The summed E-state index contributed by atoms with van der Waals surface area (Å²) in [4.78, 5) is 0. The minimum Gasteiger partial charge on any atom is -0.507 e. The van der Waals surface area contributed by atoms with Gasteiger partial charge in [0, 0.05) is 17.1 Å². The molecule has 0 fully saturated rings. The van der Waals surface area contributed by atoms with Gasteiger partial charge < -0.3 is 14.9 Å². The van der Waals surface area contributed by atoms with E-state index in [2.05, 4.69) is 0 Å². The predicted molar refractivity (Wildman–Crippen MR) is 77.0 cm³/mol. The summed E-state index contributed by atoms with van der Waals surface area (Å²) in [5.41, 5.74) is 2.43. The molecule has 0 spiro atoms. The van der Waals surface area contributed by atoms with Gasteiger partial charge in [-0.25, -0.2) is 0 Å². The number of benzene rings is 1. The molecular weight excluding hydrogens is 252 g/mol. The van der Waals surface area contributed by atoms with E-state index in [1.807, 2.05) is 43.3 Å². The third kappa shape index (κ3) is 2.04. The second-order valence-electron chi connectivity index (χ2n) is 5.09. The third-order valence-electron chi connectivity index (χ3n) is 3.94. The van der Waals surface area contributed by atoms with Crippen LogP contribution >= 0.6 is 0 Å². The summed E-state index contributed by atoms with van der Waals surface area (Å²) in [6.45, 7) is 2.04. The van der Waals surface area contributed by atoms with Crippen LogP contribution in [0.15, 0.2) is 65.1 Å². The first kappa shape index (κ1) is 13.0. The van der Waals surface area contributed by atoms with Crippen molar-refractivity contribution in [3.05, 3.63) is 70.7 Å². The Balaban J connectivity index is 2.05. The monoisotopic (exact) mass is 270 g/mol. The van der Waals surface area contributed by atoms with Gasteiger partial charge in [0.05, 0.1) is 0 Å². The minimum absolute atomic E-state index is 0.0409. The largest absolute Gasteiger partial charge is 0.507 e. The number of rotatable bonds is 3. The molecule has 0 aromatic heterocycles. The molecule has 1 aromatic carbocycles. The lowest BCUT2D eigenvalue weighted by Crippen LogP contribution is -2.25. The maximum absolute atomic E-state index is 10.5. The van der Waals surface area contributed by atoms with Gasteiger partial charge in [0.2, 0.25) is 6.29 Å². The van der Waals surface area contributed by atoms with Gasteiger partial charge in [0.1, 0.15) is 11.5 Å². The summed E-state index contributed by atoms with van der Waals surface area (Å²) in [5.74, 6) is 0.738. The highest BCUT2D eigenvalue weighted by molar-refractivity contribution is 5.48. The Kier molecular flexibility index (Phi) is 3.36. The van der Waals surface area contributed by atoms with Crippen molar-refractivity contribution in [2.45, 2.75) is 32.0 Å². The van der Waals surface area contributed by atoms with E-state index in [9.17, 15) is 10.2 Å². The first-order valence-corrected chi connectivity index (χ1v) is 6.95. The number of aliphatic hydroxyl groups excluding tert-OH is 2. The quantitative estimate of drug-likeness (QED) is 0.883. The average molecular weight is 270 g/mol. The molecule has 20 heavy (non-hydrogen) atoms. The summed E-state index contributed by atoms with van der Waals surface area (Å²) >= 11 is 0. The van der Waals surface area contributed by atoms with E-state index in [4.69, 9.17) is 4.74 Å². The fraction of sp³-hybridized carbons (Fsp3) is 0.294.